The predicted octanol–water partition coefficient (Wildman–Crippen LogP) is 3.61. The third kappa shape index (κ3) is 3.14. The summed E-state index contributed by atoms with van der Waals surface area (Å²) in [6, 6.07) is 6.96. The van der Waals surface area contributed by atoms with Crippen molar-refractivity contribution in [3.63, 3.8) is 0 Å². The molecule has 0 aliphatic carbocycles. The van der Waals surface area contributed by atoms with Gasteiger partial charge < -0.3 is 14.8 Å². The second-order valence-electron chi connectivity index (χ2n) is 4.89. The number of anilines is 1. The number of ether oxygens (including phenoxy) is 2. The van der Waals surface area contributed by atoms with E-state index in [9.17, 15) is 14.0 Å². The van der Waals surface area contributed by atoms with Crippen LogP contribution in [0, 0.1) is 9.39 Å². The molecule has 7 heteroatoms. The first-order chi connectivity index (χ1) is 11.0. The number of Topliss-reactive ketones (excluding diaryl/α,β-unsaturated/α-hetero) is 1. The minimum Gasteiger partial charge on any atom is -0.454 e. The number of amides is 1. The number of hydrogen-bond acceptors (Lipinski definition) is 4. The van der Waals surface area contributed by atoms with Gasteiger partial charge in [0, 0.05) is 15.2 Å². The van der Waals surface area contributed by atoms with Gasteiger partial charge in [-0.15, -0.1) is 0 Å². The van der Waals surface area contributed by atoms with Gasteiger partial charge in [0.1, 0.15) is 5.82 Å². The summed E-state index contributed by atoms with van der Waals surface area (Å²) in [6.07, 6.45) is 0. The number of nitrogens with one attached hydrogen (secondary N) is 1. The second kappa shape index (κ2) is 6.15. The van der Waals surface area contributed by atoms with E-state index in [0.29, 0.717) is 31.9 Å². The fourth-order valence-corrected chi connectivity index (χ4v) is 2.92. The van der Waals surface area contributed by atoms with E-state index in [4.69, 9.17) is 9.47 Å². The average molecular weight is 427 g/mol. The summed E-state index contributed by atoms with van der Waals surface area (Å²) in [7, 11) is 0. The Bertz CT molecular complexity index is 822. The third-order valence-corrected chi connectivity index (χ3v) is 4.21. The lowest BCUT2D eigenvalue weighted by Gasteiger charge is -2.11. The highest BCUT2D eigenvalue weighted by atomic mass is 127. The number of fused-ring (bicyclic) bond motifs is 1. The summed E-state index contributed by atoms with van der Waals surface area (Å²) >= 11 is 1.88. The molecular formula is C16H11FINO4. The van der Waals surface area contributed by atoms with Crippen molar-refractivity contribution in [3.05, 3.63) is 50.8 Å². The molecule has 0 bridgehead atoms. The maximum Gasteiger partial charge on any atom is 0.256 e. The highest BCUT2D eigenvalue weighted by Crippen LogP contribution is 2.37. The molecule has 0 spiro atoms. The van der Waals surface area contributed by atoms with Crippen LogP contribution in [0.25, 0.3) is 0 Å². The molecule has 118 valence electrons. The van der Waals surface area contributed by atoms with E-state index in [0.717, 1.165) is 0 Å². The van der Waals surface area contributed by atoms with Crippen LogP contribution in [0.2, 0.25) is 0 Å². The lowest BCUT2D eigenvalue weighted by Crippen LogP contribution is -2.15. The van der Waals surface area contributed by atoms with Crippen molar-refractivity contribution in [3.8, 4) is 11.5 Å². The monoisotopic (exact) mass is 427 g/mol. The largest absolute Gasteiger partial charge is 0.454 e. The van der Waals surface area contributed by atoms with Crippen LogP contribution in [0.4, 0.5) is 10.1 Å². The maximum absolute atomic E-state index is 13.1. The van der Waals surface area contributed by atoms with Gasteiger partial charge in [-0.2, -0.15) is 0 Å². The number of halogens is 2. The molecule has 0 saturated carbocycles. The van der Waals surface area contributed by atoms with E-state index in [2.05, 4.69) is 5.32 Å². The molecule has 3 rings (SSSR count). The van der Waals surface area contributed by atoms with Crippen molar-refractivity contribution in [1.29, 1.82) is 0 Å². The Kier molecular flexibility index (Phi) is 4.20. The predicted molar refractivity (Wildman–Crippen MR) is 89.6 cm³/mol. The molecule has 0 saturated heterocycles. The summed E-state index contributed by atoms with van der Waals surface area (Å²) in [4.78, 5) is 24.2. The standard InChI is InChI=1S/C16H11FINO4/c1-8(20)11-5-14-15(23-7-22-14)6-13(11)19-16(21)10-3-2-9(17)4-12(10)18/h2-6H,7H2,1H3,(H,19,21). The zero-order valence-corrected chi connectivity index (χ0v) is 14.1. The topological polar surface area (TPSA) is 64.6 Å². The Labute approximate surface area is 144 Å². The van der Waals surface area contributed by atoms with E-state index in [1.54, 1.807) is 6.07 Å². The fourth-order valence-electron chi connectivity index (χ4n) is 2.20. The first-order valence-electron chi connectivity index (χ1n) is 6.66. The molecule has 1 aliphatic heterocycles. The van der Waals surface area contributed by atoms with Crippen LogP contribution >= 0.6 is 22.6 Å². The first kappa shape index (κ1) is 15.7. The summed E-state index contributed by atoms with van der Waals surface area (Å²) in [5, 5.41) is 2.68. The average Bonchev–Trinajstić information content (AvgIpc) is 2.93. The fraction of sp³-hybridized carbons (Fsp3) is 0.125. The second-order valence-corrected chi connectivity index (χ2v) is 6.05. The molecule has 2 aromatic rings. The molecule has 0 radical (unpaired) electrons. The Morgan fingerprint density at radius 2 is 1.83 bits per heavy atom. The summed E-state index contributed by atoms with van der Waals surface area (Å²) in [5.41, 5.74) is 0.964. The van der Waals surface area contributed by atoms with Crippen molar-refractivity contribution in [2.75, 3.05) is 12.1 Å². The number of ketones is 1. The highest BCUT2D eigenvalue weighted by Gasteiger charge is 2.21. The van der Waals surface area contributed by atoms with Gasteiger partial charge in [-0.05, 0) is 53.8 Å². The summed E-state index contributed by atoms with van der Waals surface area (Å²) in [5.74, 6) is -0.148. The maximum atomic E-state index is 13.1. The van der Waals surface area contributed by atoms with Gasteiger partial charge in [-0.3, -0.25) is 9.59 Å². The SMILES string of the molecule is CC(=O)c1cc2c(cc1NC(=O)c1ccc(F)cc1I)OCO2. The Hall–Kier alpha value is -2.16. The molecule has 1 aliphatic rings. The molecule has 0 aromatic heterocycles. The van der Waals surface area contributed by atoms with Gasteiger partial charge in [-0.1, -0.05) is 0 Å². The van der Waals surface area contributed by atoms with Crippen LogP contribution in [-0.4, -0.2) is 18.5 Å². The van der Waals surface area contributed by atoms with Crippen LogP contribution in [0.5, 0.6) is 11.5 Å². The molecule has 1 N–H and O–H groups in total. The quantitative estimate of drug-likeness (QED) is 0.601. The minimum absolute atomic E-state index is 0.0694. The van der Waals surface area contributed by atoms with Gasteiger partial charge in [0.2, 0.25) is 6.79 Å². The van der Waals surface area contributed by atoms with Crippen LogP contribution in [0.3, 0.4) is 0 Å². The van der Waals surface area contributed by atoms with E-state index < -0.39 is 11.7 Å². The third-order valence-electron chi connectivity index (χ3n) is 3.32. The molecule has 5 nitrogen and oxygen atoms in total. The normalized spacial score (nSPS) is 12.1. The highest BCUT2D eigenvalue weighted by molar-refractivity contribution is 14.1. The van der Waals surface area contributed by atoms with Crippen molar-refractivity contribution < 1.29 is 23.5 Å². The molecule has 1 amide bonds. The van der Waals surface area contributed by atoms with Gasteiger partial charge in [0.15, 0.2) is 17.3 Å². The number of carbonyl (C=O) groups excluding carboxylic acids is 2. The minimum atomic E-state index is -0.434. The molecule has 0 unspecified atom stereocenters. The summed E-state index contributed by atoms with van der Waals surface area (Å²) < 4.78 is 24.1. The molecule has 2 aromatic carbocycles. The van der Waals surface area contributed by atoms with E-state index in [1.165, 1.54) is 31.2 Å². The number of rotatable bonds is 3. The van der Waals surface area contributed by atoms with Gasteiger partial charge >= 0.3 is 0 Å². The van der Waals surface area contributed by atoms with Gasteiger partial charge in [0.25, 0.3) is 5.91 Å². The van der Waals surface area contributed by atoms with E-state index in [1.807, 2.05) is 22.6 Å². The zero-order chi connectivity index (χ0) is 16.6. The van der Waals surface area contributed by atoms with Crippen LogP contribution in [-0.2, 0) is 0 Å². The van der Waals surface area contributed by atoms with Crippen LogP contribution in [0.1, 0.15) is 27.6 Å². The molecule has 0 atom stereocenters. The Morgan fingerprint density at radius 3 is 2.48 bits per heavy atom. The lowest BCUT2D eigenvalue weighted by molar-refractivity contribution is 0.101. The number of carbonyl (C=O) groups is 2. The van der Waals surface area contributed by atoms with Crippen molar-refractivity contribution in [1.82, 2.24) is 0 Å². The molecular weight excluding hydrogens is 416 g/mol. The van der Waals surface area contributed by atoms with Crippen molar-refractivity contribution >= 4 is 40.0 Å². The van der Waals surface area contributed by atoms with Crippen molar-refractivity contribution in [2.45, 2.75) is 6.92 Å². The van der Waals surface area contributed by atoms with Crippen molar-refractivity contribution in [2.24, 2.45) is 0 Å². The Balaban J connectivity index is 1.96. The van der Waals surface area contributed by atoms with E-state index >= 15 is 0 Å². The lowest BCUT2D eigenvalue weighted by atomic mass is 10.1. The van der Waals surface area contributed by atoms with Crippen LogP contribution < -0.4 is 14.8 Å². The number of benzene rings is 2. The zero-order valence-electron chi connectivity index (χ0n) is 12.0. The smallest absolute Gasteiger partial charge is 0.256 e. The van der Waals surface area contributed by atoms with E-state index in [-0.39, 0.29) is 12.6 Å². The Morgan fingerprint density at radius 1 is 1.13 bits per heavy atom. The molecule has 23 heavy (non-hydrogen) atoms. The summed E-state index contributed by atoms with van der Waals surface area (Å²) in [6.45, 7) is 1.47. The van der Waals surface area contributed by atoms with Crippen LogP contribution in [0.15, 0.2) is 30.3 Å². The van der Waals surface area contributed by atoms with Gasteiger partial charge in [-0.25, -0.2) is 4.39 Å². The first-order valence-corrected chi connectivity index (χ1v) is 7.74. The molecule has 0 fully saturated rings. The molecule has 1 heterocycles. The van der Waals surface area contributed by atoms with Gasteiger partial charge in [0.05, 0.1) is 11.3 Å². The number of hydrogen-bond donors (Lipinski definition) is 1.